The number of nitrogens with zero attached hydrogens (tertiary/aromatic N) is 3. The lowest BCUT2D eigenvalue weighted by molar-refractivity contribution is -0.0609. The van der Waals surface area contributed by atoms with Gasteiger partial charge in [0.05, 0.1) is 0 Å². The van der Waals surface area contributed by atoms with E-state index in [2.05, 4.69) is 4.98 Å². The fraction of sp³-hybridized carbons (Fsp3) is 0.474. The second kappa shape index (κ2) is 6.19. The topological polar surface area (TPSA) is 67.6 Å². The highest BCUT2D eigenvalue weighted by Crippen LogP contribution is 2.45. The number of rotatable bonds is 3. The number of amides is 1. The van der Waals surface area contributed by atoms with Crippen molar-refractivity contribution in [3.63, 3.8) is 0 Å². The molecule has 3 heterocycles. The minimum absolute atomic E-state index is 0.00345. The second-order valence-electron chi connectivity index (χ2n) is 7.13. The van der Waals surface area contributed by atoms with Gasteiger partial charge in [0.2, 0.25) is 0 Å². The Morgan fingerprint density at radius 1 is 1.28 bits per heavy atom. The van der Waals surface area contributed by atoms with E-state index in [-0.39, 0.29) is 24.8 Å². The van der Waals surface area contributed by atoms with Crippen LogP contribution in [-0.2, 0) is 24.0 Å². The first kappa shape index (κ1) is 16.1. The summed E-state index contributed by atoms with van der Waals surface area (Å²) in [6.07, 6.45) is 6.09. The first-order valence-corrected chi connectivity index (χ1v) is 8.76. The van der Waals surface area contributed by atoms with Gasteiger partial charge in [-0.1, -0.05) is 30.3 Å². The van der Waals surface area contributed by atoms with Crippen molar-refractivity contribution in [2.75, 3.05) is 0 Å². The minimum Gasteiger partial charge on any atom is -0.445 e. The standard InChI is InChI=1S/C19H23N3O3/c1-21-10-9-20-17(21)19(24)11-15-7-8-16(12-19)22(15)18(23)25-13-14-5-3-2-4-6-14/h2-6,9-10,15-16,24H,7-8,11-13H2,1H3. The summed E-state index contributed by atoms with van der Waals surface area (Å²) >= 11 is 0. The summed E-state index contributed by atoms with van der Waals surface area (Å²) in [5, 5.41) is 11.1. The van der Waals surface area contributed by atoms with Crippen LogP contribution in [0.4, 0.5) is 4.79 Å². The summed E-state index contributed by atoms with van der Waals surface area (Å²) in [5.74, 6) is 0.682. The van der Waals surface area contributed by atoms with Crippen LogP contribution in [0, 0.1) is 0 Å². The van der Waals surface area contributed by atoms with Gasteiger partial charge >= 0.3 is 6.09 Å². The predicted octanol–water partition coefficient (Wildman–Crippen LogP) is 2.57. The third-order valence-corrected chi connectivity index (χ3v) is 5.42. The predicted molar refractivity (Wildman–Crippen MR) is 91.6 cm³/mol. The SMILES string of the molecule is Cn1ccnc1C1(O)CC2CCC(C1)N2C(=O)OCc1ccccc1. The first-order chi connectivity index (χ1) is 12.1. The molecule has 0 spiro atoms. The second-order valence-corrected chi connectivity index (χ2v) is 7.13. The van der Waals surface area contributed by atoms with E-state index in [0.29, 0.717) is 18.7 Å². The summed E-state index contributed by atoms with van der Waals surface area (Å²) in [7, 11) is 1.89. The maximum Gasteiger partial charge on any atom is 0.410 e. The third-order valence-electron chi connectivity index (χ3n) is 5.42. The van der Waals surface area contributed by atoms with E-state index in [1.807, 2.05) is 53.0 Å². The molecule has 6 nitrogen and oxygen atoms in total. The van der Waals surface area contributed by atoms with Gasteiger partial charge in [0.1, 0.15) is 18.0 Å². The molecule has 6 heteroatoms. The molecule has 1 amide bonds. The van der Waals surface area contributed by atoms with Crippen molar-refractivity contribution in [3.8, 4) is 0 Å². The van der Waals surface area contributed by atoms with E-state index >= 15 is 0 Å². The number of carbonyl (C=O) groups is 1. The zero-order chi connectivity index (χ0) is 17.4. The zero-order valence-electron chi connectivity index (χ0n) is 14.3. The lowest BCUT2D eigenvalue weighted by Crippen LogP contribution is -2.52. The van der Waals surface area contributed by atoms with Crippen LogP contribution in [0.1, 0.15) is 37.1 Å². The summed E-state index contributed by atoms with van der Waals surface area (Å²) in [6, 6.07) is 9.69. The van der Waals surface area contributed by atoms with Gasteiger partial charge in [-0.3, -0.25) is 0 Å². The molecule has 132 valence electrons. The Labute approximate surface area is 147 Å². The fourth-order valence-corrected chi connectivity index (χ4v) is 4.31. The zero-order valence-corrected chi connectivity index (χ0v) is 14.3. The molecular formula is C19H23N3O3. The van der Waals surface area contributed by atoms with E-state index in [1.165, 1.54) is 0 Å². The van der Waals surface area contributed by atoms with Crippen LogP contribution in [0.15, 0.2) is 42.7 Å². The Kier molecular flexibility index (Phi) is 4.00. The van der Waals surface area contributed by atoms with Crippen molar-refractivity contribution in [1.82, 2.24) is 14.5 Å². The molecule has 2 aliphatic rings. The van der Waals surface area contributed by atoms with E-state index in [0.717, 1.165) is 18.4 Å². The molecule has 2 saturated heterocycles. The van der Waals surface area contributed by atoms with E-state index in [1.54, 1.807) is 6.20 Å². The molecular weight excluding hydrogens is 318 g/mol. The molecule has 1 N–H and O–H groups in total. The van der Waals surface area contributed by atoms with Gasteiger partial charge in [-0.2, -0.15) is 0 Å². The third kappa shape index (κ3) is 2.91. The van der Waals surface area contributed by atoms with Crippen LogP contribution in [-0.4, -0.2) is 37.7 Å². The monoisotopic (exact) mass is 341 g/mol. The average molecular weight is 341 g/mol. The molecule has 2 unspecified atom stereocenters. The highest BCUT2D eigenvalue weighted by Gasteiger charge is 2.52. The normalized spacial score (nSPS) is 28.2. The largest absolute Gasteiger partial charge is 0.445 e. The Morgan fingerprint density at radius 3 is 2.56 bits per heavy atom. The average Bonchev–Trinajstić information content (AvgIpc) is 3.16. The van der Waals surface area contributed by atoms with Gasteiger partial charge in [-0.05, 0) is 18.4 Å². The van der Waals surface area contributed by atoms with Crippen LogP contribution < -0.4 is 0 Å². The quantitative estimate of drug-likeness (QED) is 0.932. The molecule has 25 heavy (non-hydrogen) atoms. The Morgan fingerprint density at radius 2 is 1.96 bits per heavy atom. The van der Waals surface area contributed by atoms with Crippen molar-refractivity contribution in [2.24, 2.45) is 7.05 Å². The molecule has 2 fully saturated rings. The van der Waals surface area contributed by atoms with Gasteiger partial charge in [0.15, 0.2) is 0 Å². The van der Waals surface area contributed by atoms with Crippen LogP contribution in [0.3, 0.4) is 0 Å². The van der Waals surface area contributed by atoms with Gasteiger partial charge in [0.25, 0.3) is 0 Å². The number of aromatic nitrogens is 2. The van der Waals surface area contributed by atoms with Crippen LogP contribution in [0.5, 0.6) is 0 Å². The molecule has 2 aromatic rings. The number of aryl methyl sites for hydroxylation is 1. The molecule has 2 aliphatic heterocycles. The number of hydrogen-bond acceptors (Lipinski definition) is 4. The Hall–Kier alpha value is -2.34. The molecule has 2 bridgehead atoms. The van der Waals surface area contributed by atoms with Crippen LogP contribution in [0.25, 0.3) is 0 Å². The lowest BCUT2D eigenvalue weighted by Gasteiger charge is -2.42. The van der Waals surface area contributed by atoms with Crippen molar-refractivity contribution < 1.29 is 14.6 Å². The Balaban J connectivity index is 1.45. The van der Waals surface area contributed by atoms with E-state index in [9.17, 15) is 9.90 Å². The van der Waals surface area contributed by atoms with Crippen LogP contribution in [0.2, 0.25) is 0 Å². The Bertz CT molecular complexity index is 744. The smallest absolute Gasteiger partial charge is 0.410 e. The molecule has 0 aliphatic carbocycles. The molecule has 1 aromatic carbocycles. The molecule has 1 aromatic heterocycles. The number of piperidine rings is 1. The first-order valence-electron chi connectivity index (χ1n) is 8.76. The van der Waals surface area contributed by atoms with Crippen molar-refractivity contribution in [3.05, 3.63) is 54.1 Å². The molecule has 0 saturated carbocycles. The number of ether oxygens (including phenoxy) is 1. The number of hydrogen-bond donors (Lipinski definition) is 1. The number of carbonyl (C=O) groups excluding carboxylic acids is 1. The maximum atomic E-state index is 12.6. The summed E-state index contributed by atoms with van der Waals surface area (Å²) in [6.45, 7) is 0.277. The van der Waals surface area contributed by atoms with Crippen LogP contribution >= 0.6 is 0 Å². The number of fused-ring (bicyclic) bond motifs is 2. The van der Waals surface area contributed by atoms with Gasteiger partial charge in [-0.25, -0.2) is 9.78 Å². The summed E-state index contributed by atoms with van der Waals surface area (Å²) < 4.78 is 7.38. The number of imidazole rings is 1. The summed E-state index contributed by atoms with van der Waals surface area (Å²) in [4.78, 5) is 18.8. The van der Waals surface area contributed by atoms with Crippen molar-refractivity contribution in [1.29, 1.82) is 0 Å². The van der Waals surface area contributed by atoms with Gasteiger partial charge in [-0.15, -0.1) is 0 Å². The number of aliphatic hydroxyl groups is 1. The van der Waals surface area contributed by atoms with E-state index in [4.69, 9.17) is 4.74 Å². The van der Waals surface area contributed by atoms with Crippen molar-refractivity contribution >= 4 is 6.09 Å². The number of benzene rings is 1. The lowest BCUT2D eigenvalue weighted by atomic mass is 9.85. The molecule has 2 atom stereocenters. The minimum atomic E-state index is -0.972. The van der Waals surface area contributed by atoms with Crippen molar-refractivity contribution in [2.45, 2.75) is 50.0 Å². The van der Waals surface area contributed by atoms with Gasteiger partial charge in [0, 0.05) is 44.4 Å². The maximum absolute atomic E-state index is 12.6. The fourth-order valence-electron chi connectivity index (χ4n) is 4.31. The molecule has 0 radical (unpaired) electrons. The molecule has 4 rings (SSSR count). The highest BCUT2D eigenvalue weighted by atomic mass is 16.6. The van der Waals surface area contributed by atoms with E-state index < -0.39 is 5.60 Å². The van der Waals surface area contributed by atoms with Gasteiger partial charge < -0.3 is 19.3 Å². The summed E-state index contributed by atoms with van der Waals surface area (Å²) in [5.41, 5.74) is 0.00466. The highest BCUT2D eigenvalue weighted by molar-refractivity contribution is 5.69.